The zero-order chi connectivity index (χ0) is 11.8. The number of carbonyl (C=O) groups excluding carboxylic acids is 1. The third kappa shape index (κ3) is 4.71. The summed E-state index contributed by atoms with van der Waals surface area (Å²) in [5.74, 6) is 0.192. The number of allylic oxidation sites excluding steroid dienone is 1. The number of ketones is 1. The highest BCUT2D eigenvalue weighted by atomic mass is 79.9. The average Bonchev–Trinajstić information content (AvgIpc) is 2.28. The minimum atomic E-state index is 0.192. The third-order valence-electron chi connectivity index (χ3n) is 2.28. The molecule has 3 heteroatoms. The Morgan fingerprint density at radius 3 is 3.00 bits per heavy atom. The van der Waals surface area contributed by atoms with Crippen molar-refractivity contribution in [1.82, 2.24) is 4.98 Å². The standard InChI is InChI=1S/C13H16BrNO/c1-2-3-4-5-12(16)7-6-11-8-9-15-10-13(11)14/h6-10H,2-5H2,1H3. The molecule has 0 fully saturated rings. The number of unbranched alkanes of at least 4 members (excludes halogenated alkanes) is 2. The highest BCUT2D eigenvalue weighted by Crippen LogP contribution is 2.15. The number of hydrogen-bond acceptors (Lipinski definition) is 2. The van der Waals surface area contributed by atoms with E-state index >= 15 is 0 Å². The molecule has 0 aliphatic rings. The van der Waals surface area contributed by atoms with Crippen molar-refractivity contribution in [3.05, 3.63) is 34.6 Å². The van der Waals surface area contributed by atoms with Gasteiger partial charge in [0, 0.05) is 23.3 Å². The Labute approximate surface area is 105 Å². The van der Waals surface area contributed by atoms with Gasteiger partial charge in [-0.15, -0.1) is 0 Å². The fourth-order valence-electron chi connectivity index (χ4n) is 1.34. The van der Waals surface area contributed by atoms with E-state index in [0.29, 0.717) is 6.42 Å². The smallest absolute Gasteiger partial charge is 0.155 e. The molecular weight excluding hydrogens is 266 g/mol. The van der Waals surface area contributed by atoms with Gasteiger partial charge >= 0.3 is 0 Å². The highest BCUT2D eigenvalue weighted by Gasteiger charge is 1.98. The number of aromatic nitrogens is 1. The Morgan fingerprint density at radius 1 is 1.50 bits per heavy atom. The van der Waals surface area contributed by atoms with Crippen LogP contribution in [0, 0.1) is 0 Å². The van der Waals surface area contributed by atoms with Gasteiger partial charge in [0.05, 0.1) is 0 Å². The van der Waals surface area contributed by atoms with Crippen LogP contribution < -0.4 is 0 Å². The van der Waals surface area contributed by atoms with Gasteiger partial charge in [-0.3, -0.25) is 9.78 Å². The SMILES string of the molecule is CCCCCC(=O)C=Cc1ccncc1Br. The molecule has 2 nitrogen and oxygen atoms in total. The molecule has 16 heavy (non-hydrogen) atoms. The molecule has 0 amide bonds. The quantitative estimate of drug-likeness (QED) is 0.583. The Morgan fingerprint density at radius 2 is 2.31 bits per heavy atom. The fraction of sp³-hybridized carbons (Fsp3) is 0.385. The number of pyridine rings is 1. The monoisotopic (exact) mass is 281 g/mol. The van der Waals surface area contributed by atoms with Crippen LogP contribution >= 0.6 is 15.9 Å². The van der Waals surface area contributed by atoms with Crippen LogP contribution in [0.4, 0.5) is 0 Å². The van der Waals surface area contributed by atoms with E-state index in [0.717, 1.165) is 29.3 Å². The molecule has 0 radical (unpaired) electrons. The maximum Gasteiger partial charge on any atom is 0.155 e. The van der Waals surface area contributed by atoms with Crippen LogP contribution in [-0.4, -0.2) is 10.8 Å². The van der Waals surface area contributed by atoms with Crippen molar-refractivity contribution in [2.45, 2.75) is 32.6 Å². The molecule has 0 saturated heterocycles. The van der Waals surface area contributed by atoms with Crippen LogP contribution in [0.15, 0.2) is 29.0 Å². The molecule has 0 spiro atoms. The molecule has 0 atom stereocenters. The van der Waals surface area contributed by atoms with Gasteiger partial charge in [0.25, 0.3) is 0 Å². The van der Waals surface area contributed by atoms with Gasteiger partial charge in [0.1, 0.15) is 0 Å². The summed E-state index contributed by atoms with van der Waals surface area (Å²) in [6, 6.07) is 1.87. The highest BCUT2D eigenvalue weighted by molar-refractivity contribution is 9.10. The van der Waals surface area contributed by atoms with Crippen LogP contribution in [0.3, 0.4) is 0 Å². The molecule has 86 valence electrons. The largest absolute Gasteiger partial charge is 0.295 e. The summed E-state index contributed by atoms with van der Waals surface area (Å²) in [5.41, 5.74) is 0.985. The number of carbonyl (C=O) groups is 1. The van der Waals surface area contributed by atoms with Crippen LogP contribution in [0.2, 0.25) is 0 Å². The average molecular weight is 282 g/mol. The number of halogens is 1. The molecule has 0 aliphatic heterocycles. The van der Waals surface area contributed by atoms with Gasteiger partial charge in [0.15, 0.2) is 5.78 Å². The molecule has 0 bridgehead atoms. The summed E-state index contributed by atoms with van der Waals surface area (Å²) in [6.07, 6.45) is 10.8. The van der Waals surface area contributed by atoms with E-state index in [-0.39, 0.29) is 5.78 Å². The molecule has 1 aromatic heterocycles. The molecule has 0 aliphatic carbocycles. The van der Waals surface area contributed by atoms with Gasteiger partial charge in [-0.25, -0.2) is 0 Å². The Bertz CT molecular complexity index is 374. The van der Waals surface area contributed by atoms with Crippen molar-refractivity contribution in [2.75, 3.05) is 0 Å². The first kappa shape index (κ1) is 13.1. The van der Waals surface area contributed by atoms with Gasteiger partial charge in [-0.1, -0.05) is 25.8 Å². The van der Waals surface area contributed by atoms with E-state index in [1.807, 2.05) is 12.1 Å². The molecular formula is C13H16BrNO. The Hall–Kier alpha value is -0.960. The van der Waals surface area contributed by atoms with Gasteiger partial charge in [-0.05, 0) is 40.1 Å². The topological polar surface area (TPSA) is 30.0 Å². The van der Waals surface area contributed by atoms with Gasteiger partial charge in [0.2, 0.25) is 0 Å². The predicted molar refractivity (Wildman–Crippen MR) is 70.1 cm³/mol. The summed E-state index contributed by atoms with van der Waals surface area (Å²) in [7, 11) is 0. The number of hydrogen-bond donors (Lipinski definition) is 0. The molecule has 1 heterocycles. The maximum absolute atomic E-state index is 11.5. The number of nitrogens with zero attached hydrogens (tertiary/aromatic N) is 1. The Balaban J connectivity index is 2.47. The van der Waals surface area contributed by atoms with E-state index in [4.69, 9.17) is 0 Å². The second-order valence-corrected chi connectivity index (χ2v) is 4.51. The molecule has 1 aromatic rings. The van der Waals surface area contributed by atoms with Crippen LogP contribution in [0.25, 0.3) is 6.08 Å². The van der Waals surface area contributed by atoms with Crippen molar-refractivity contribution in [1.29, 1.82) is 0 Å². The maximum atomic E-state index is 11.5. The van der Waals surface area contributed by atoms with Crippen molar-refractivity contribution in [2.24, 2.45) is 0 Å². The summed E-state index contributed by atoms with van der Waals surface area (Å²) < 4.78 is 0.910. The van der Waals surface area contributed by atoms with E-state index in [1.54, 1.807) is 18.5 Å². The van der Waals surface area contributed by atoms with E-state index in [9.17, 15) is 4.79 Å². The normalized spacial score (nSPS) is 10.9. The van der Waals surface area contributed by atoms with E-state index in [1.165, 1.54) is 0 Å². The molecule has 1 rings (SSSR count). The molecule has 0 unspecified atom stereocenters. The van der Waals surface area contributed by atoms with Crippen LogP contribution in [0.1, 0.15) is 38.2 Å². The first-order chi connectivity index (χ1) is 7.74. The van der Waals surface area contributed by atoms with Crippen LogP contribution in [-0.2, 0) is 4.79 Å². The lowest BCUT2D eigenvalue weighted by Gasteiger charge is -1.97. The van der Waals surface area contributed by atoms with Crippen molar-refractivity contribution in [3.8, 4) is 0 Å². The second-order valence-electron chi connectivity index (χ2n) is 3.65. The predicted octanol–water partition coefficient (Wildman–Crippen LogP) is 4.01. The van der Waals surface area contributed by atoms with Crippen molar-refractivity contribution < 1.29 is 4.79 Å². The zero-order valence-electron chi connectivity index (χ0n) is 9.45. The van der Waals surface area contributed by atoms with E-state index < -0.39 is 0 Å². The first-order valence-electron chi connectivity index (χ1n) is 5.54. The van der Waals surface area contributed by atoms with Gasteiger partial charge < -0.3 is 0 Å². The van der Waals surface area contributed by atoms with Crippen LogP contribution in [0.5, 0.6) is 0 Å². The lowest BCUT2D eigenvalue weighted by molar-refractivity contribution is -0.114. The first-order valence-corrected chi connectivity index (χ1v) is 6.33. The summed E-state index contributed by atoms with van der Waals surface area (Å²) in [4.78, 5) is 15.5. The number of rotatable bonds is 6. The van der Waals surface area contributed by atoms with Gasteiger partial charge in [-0.2, -0.15) is 0 Å². The second kappa shape index (κ2) is 7.34. The minimum Gasteiger partial charge on any atom is -0.295 e. The fourth-order valence-corrected chi connectivity index (χ4v) is 1.72. The third-order valence-corrected chi connectivity index (χ3v) is 2.94. The lowest BCUT2D eigenvalue weighted by Crippen LogP contribution is -1.91. The Kier molecular flexibility index (Phi) is 6.01. The zero-order valence-corrected chi connectivity index (χ0v) is 11.0. The van der Waals surface area contributed by atoms with Crippen molar-refractivity contribution in [3.63, 3.8) is 0 Å². The summed E-state index contributed by atoms with van der Waals surface area (Å²) in [6.45, 7) is 2.13. The lowest BCUT2D eigenvalue weighted by atomic mass is 10.1. The van der Waals surface area contributed by atoms with Crippen molar-refractivity contribution >= 4 is 27.8 Å². The summed E-state index contributed by atoms with van der Waals surface area (Å²) in [5, 5.41) is 0. The molecule has 0 N–H and O–H groups in total. The minimum absolute atomic E-state index is 0.192. The molecule has 0 saturated carbocycles. The molecule has 0 aromatic carbocycles. The summed E-state index contributed by atoms with van der Waals surface area (Å²) >= 11 is 3.39. The van der Waals surface area contributed by atoms with E-state index in [2.05, 4.69) is 27.8 Å².